The largest absolute Gasteiger partial charge is 0.369 e. The van der Waals surface area contributed by atoms with E-state index in [4.69, 9.17) is 0 Å². The van der Waals surface area contributed by atoms with E-state index >= 15 is 0 Å². The Morgan fingerprint density at radius 2 is 1.74 bits per heavy atom. The lowest BCUT2D eigenvalue weighted by molar-refractivity contribution is 0.313. The lowest BCUT2D eigenvalue weighted by Crippen LogP contribution is -2.44. The predicted octanol–water partition coefficient (Wildman–Crippen LogP) is 2.50. The number of anilines is 1. The molecular weight excluding hydrogens is 234 g/mol. The van der Waals surface area contributed by atoms with E-state index in [2.05, 4.69) is 52.2 Å². The fraction of sp³-hybridized carbons (Fsp3) is 0.312. The molecule has 3 heteroatoms. The molecule has 0 unspecified atom stereocenters. The second-order valence-electron chi connectivity index (χ2n) is 5.08. The smallest absolute Gasteiger partial charge is 0.0373 e. The van der Waals surface area contributed by atoms with Crippen molar-refractivity contribution < 1.29 is 0 Å². The Labute approximate surface area is 114 Å². The van der Waals surface area contributed by atoms with E-state index in [9.17, 15) is 0 Å². The highest BCUT2D eigenvalue weighted by atomic mass is 15.2. The lowest BCUT2D eigenvalue weighted by atomic mass is 10.1. The Bertz CT molecular complexity index is 531. The van der Waals surface area contributed by atoms with Crippen molar-refractivity contribution in [3.8, 4) is 11.1 Å². The van der Waals surface area contributed by atoms with Crippen molar-refractivity contribution >= 4 is 5.69 Å². The third kappa shape index (κ3) is 2.76. The van der Waals surface area contributed by atoms with Crippen LogP contribution in [0.4, 0.5) is 5.69 Å². The molecule has 2 heterocycles. The van der Waals surface area contributed by atoms with Gasteiger partial charge in [0.05, 0.1) is 0 Å². The zero-order valence-electron chi connectivity index (χ0n) is 11.3. The molecule has 1 fully saturated rings. The van der Waals surface area contributed by atoms with Crippen LogP contribution in [-0.4, -0.2) is 43.1 Å². The van der Waals surface area contributed by atoms with Gasteiger partial charge in [-0.2, -0.15) is 0 Å². The topological polar surface area (TPSA) is 19.4 Å². The van der Waals surface area contributed by atoms with Gasteiger partial charge in [-0.1, -0.05) is 18.2 Å². The van der Waals surface area contributed by atoms with Crippen molar-refractivity contribution in [2.45, 2.75) is 0 Å². The van der Waals surface area contributed by atoms with Gasteiger partial charge in [-0.05, 0) is 30.8 Å². The molecule has 3 rings (SSSR count). The van der Waals surface area contributed by atoms with Gasteiger partial charge in [0.1, 0.15) is 0 Å². The van der Waals surface area contributed by atoms with Crippen molar-refractivity contribution in [3.63, 3.8) is 0 Å². The molecule has 0 N–H and O–H groups in total. The quantitative estimate of drug-likeness (QED) is 0.819. The number of aromatic nitrogens is 1. The van der Waals surface area contributed by atoms with Gasteiger partial charge in [0.2, 0.25) is 0 Å². The van der Waals surface area contributed by atoms with Gasteiger partial charge >= 0.3 is 0 Å². The zero-order valence-corrected chi connectivity index (χ0v) is 11.3. The fourth-order valence-corrected chi connectivity index (χ4v) is 2.48. The number of pyridine rings is 1. The highest BCUT2D eigenvalue weighted by molar-refractivity contribution is 5.67. The average molecular weight is 253 g/mol. The van der Waals surface area contributed by atoms with Crippen molar-refractivity contribution in [1.29, 1.82) is 0 Å². The lowest BCUT2D eigenvalue weighted by Gasteiger charge is -2.34. The molecule has 1 aromatic heterocycles. The summed E-state index contributed by atoms with van der Waals surface area (Å²) in [6.45, 7) is 4.48. The van der Waals surface area contributed by atoms with Gasteiger partial charge in [0, 0.05) is 49.8 Å². The monoisotopic (exact) mass is 253 g/mol. The third-order valence-corrected chi connectivity index (χ3v) is 3.71. The molecule has 1 aliphatic heterocycles. The summed E-state index contributed by atoms with van der Waals surface area (Å²) in [6, 6.07) is 12.8. The van der Waals surface area contributed by atoms with E-state index in [1.165, 1.54) is 16.8 Å². The van der Waals surface area contributed by atoms with E-state index in [0.29, 0.717) is 0 Å². The summed E-state index contributed by atoms with van der Waals surface area (Å²) >= 11 is 0. The molecule has 19 heavy (non-hydrogen) atoms. The summed E-state index contributed by atoms with van der Waals surface area (Å²) in [4.78, 5) is 9.03. The molecule has 2 aromatic rings. The molecule has 0 spiro atoms. The fourth-order valence-electron chi connectivity index (χ4n) is 2.48. The Balaban J connectivity index is 1.84. The Morgan fingerprint density at radius 3 is 2.47 bits per heavy atom. The highest BCUT2D eigenvalue weighted by Gasteiger charge is 2.14. The van der Waals surface area contributed by atoms with Crippen LogP contribution in [0.3, 0.4) is 0 Å². The number of nitrogens with zero attached hydrogens (tertiary/aromatic N) is 3. The molecule has 1 saturated heterocycles. The molecule has 0 amide bonds. The summed E-state index contributed by atoms with van der Waals surface area (Å²) in [5.74, 6) is 0. The minimum atomic E-state index is 1.10. The van der Waals surface area contributed by atoms with Gasteiger partial charge in [0.15, 0.2) is 0 Å². The van der Waals surface area contributed by atoms with Crippen LogP contribution in [-0.2, 0) is 0 Å². The third-order valence-electron chi connectivity index (χ3n) is 3.71. The molecule has 98 valence electrons. The first-order valence-electron chi connectivity index (χ1n) is 6.77. The zero-order chi connectivity index (χ0) is 13.1. The van der Waals surface area contributed by atoms with Crippen molar-refractivity contribution in [2.24, 2.45) is 0 Å². The van der Waals surface area contributed by atoms with E-state index in [0.717, 1.165) is 26.2 Å². The predicted molar refractivity (Wildman–Crippen MR) is 79.4 cm³/mol. The number of hydrogen-bond acceptors (Lipinski definition) is 3. The molecule has 0 saturated carbocycles. The molecular formula is C16H19N3. The first-order chi connectivity index (χ1) is 9.33. The van der Waals surface area contributed by atoms with Gasteiger partial charge < -0.3 is 9.80 Å². The van der Waals surface area contributed by atoms with Gasteiger partial charge in [-0.25, -0.2) is 0 Å². The maximum absolute atomic E-state index is 4.19. The Kier molecular flexibility index (Phi) is 3.47. The summed E-state index contributed by atoms with van der Waals surface area (Å²) in [5, 5.41) is 0. The first kappa shape index (κ1) is 12.2. The van der Waals surface area contributed by atoms with Gasteiger partial charge in [-0.3, -0.25) is 4.98 Å². The van der Waals surface area contributed by atoms with Crippen LogP contribution in [0.1, 0.15) is 0 Å². The van der Waals surface area contributed by atoms with Crippen LogP contribution >= 0.6 is 0 Å². The maximum atomic E-state index is 4.19. The highest BCUT2D eigenvalue weighted by Crippen LogP contribution is 2.24. The summed E-state index contributed by atoms with van der Waals surface area (Å²) in [5.41, 5.74) is 3.73. The van der Waals surface area contributed by atoms with Crippen molar-refractivity contribution in [3.05, 3.63) is 48.8 Å². The van der Waals surface area contributed by atoms with E-state index in [-0.39, 0.29) is 0 Å². The van der Waals surface area contributed by atoms with Gasteiger partial charge in [0.25, 0.3) is 0 Å². The van der Waals surface area contributed by atoms with Crippen LogP contribution in [0.15, 0.2) is 48.8 Å². The normalized spacial score (nSPS) is 16.6. The number of piperazine rings is 1. The molecule has 1 aromatic carbocycles. The van der Waals surface area contributed by atoms with E-state index in [1.807, 2.05) is 18.5 Å². The number of hydrogen-bond donors (Lipinski definition) is 0. The number of rotatable bonds is 2. The van der Waals surface area contributed by atoms with Crippen LogP contribution < -0.4 is 4.90 Å². The average Bonchev–Trinajstić information content (AvgIpc) is 2.49. The second-order valence-corrected chi connectivity index (χ2v) is 5.08. The summed E-state index contributed by atoms with van der Waals surface area (Å²) in [6.07, 6.45) is 3.73. The molecule has 0 radical (unpaired) electrons. The molecule has 0 aliphatic carbocycles. The Morgan fingerprint density at radius 1 is 0.947 bits per heavy atom. The second kappa shape index (κ2) is 5.41. The van der Waals surface area contributed by atoms with Crippen LogP contribution in [0.5, 0.6) is 0 Å². The van der Waals surface area contributed by atoms with Crippen molar-refractivity contribution in [1.82, 2.24) is 9.88 Å². The number of benzene rings is 1. The molecule has 0 bridgehead atoms. The molecule has 1 aliphatic rings. The Hall–Kier alpha value is -1.87. The number of likely N-dealkylation sites (N-methyl/N-ethyl adjacent to an activating group) is 1. The van der Waals surface area contributed by atoms with Crippen LogP contribution in [0, 0.1) is 0 Å². The van der Waals surface area contributed by atoms with E-state index < -0.39 is 0 Å². The standard InChI is InChI=1S/C16H19N3/c1-18-8-10-19(11-9-18)16-6-2-4-14(12-16)15-5-3-7-17-13-15/h2-7,12-13H,8-11H2,1H3. The first-order valence-corrected chi connectivity index (χ1v) is 6.77. The van der Waals surface area contributed by atoms with Crippen LogP contribution in [0.25, 0.3) is 11.1 Å². The van der Waals surface area contributed by atoms with Crippen molar-refractivity contribution in [2.75, 3.05) is 38.1 Å². The maximum Gasteiger partial charge on any atom is 0.0373 e. The minimum Gasteiger partial charge on any atom is -0.369 e. The minimum absolute atomic E-state index is 1.10. The van der Waals surface area contributed by atoms with Crippen LogP contribution in [0.2, 0.25) is 0 Å². The van der Waals surface area contributed by atoms with Gasteiger partial charge in [-0.15, -0.1) is 0 Å². The molecule has 3 nitrogen and oxygen atoms in total. The molecule has 0 atom stereocenters. The summed E-state index contributed by atoms with van der Waals surface area (Å²) in [7, 11) is 2.18. The van der Waals surface area contributed by atoms with E-state index in [1.54, 1.807) is 0 Å². The summed E-state index contributed by atoms with van der Waals surface area (Å²) < 4.78 is 0. The SMILES string of the molecule is CN1CCN(c2cccc(-c3cccnc3)c2)CC1.